The molecule has 0 aromatic heterocycles. The quantitative estimate of drug-likeness (QED) is 0.869. The Kier molecular flexibility index (Phi) is 3.94. The summed E-state index contributed by atoms with van der Waals surface area (Å²) < 4.78 is 25.9. The molecule has 1 unspecified atom stereocenters. The molecule has 1 aliphatic heterocycles. The zero-order valence-corrected chi connectivity index (χ0v) is 10.0. The van der Waals surface area contributed by atoms with Crippen LogP contribution in [0, 0.1) is 17.6 Å². The van der Waals surface area contributed by atoms with E-state index in [-0.39, 0.29) is 0 Å². The highest BCUT2D eigenvalue weighted by molar-refractivity contribution is 5.47. The van der Waals surface area contributed by atoms with Crippen molar-refractivity contribution in [2.75, 3.05) is 31.1 Å². The molecule has 1 fully saturated rings. The van der Waals surface area contributed by atoms with Crippen LogP contribution >= 0.6 is 0 Å². The van der Waals surface area contributed by atoms with Gasteiger partial charge in [0.05, 0.1) is 0 Å². The number of benzene rings is 1. The zero-order valence-electron chi connectivity index (χ0n) is 10.0. The first-order valence-electron chi connectivity index (χ1n) is 6.11. The highest BCUT2D eigenvalue weighted by Gasteiger charge is 2.22. The SMILES string of the molecule is CCNCC1CCN(c2ccc(F)c(F)c2)C1. The van der Waals surface area contributed by atoms with E-state index < -0.39 is 11.6 Å². The molecule has 0 saturated carbocycles. The van der Waals surface area contributed by atoms with E-state index in [1.54, 1.807) is 6.07 Å². The van der Waals surface area contributed by atoms with Crippen molar-refractivity contribution in [2.24, 2.45) is 5.92 Å². The van der Waals surface area contributed by atoms with Gasteiger partial charge in [-0.3, -0.25) is 0 Å². The summed E-state index contributed by atoms with van der Waals surface area (Å²) in [4.78, 5) is 2.12. The molecule has 0 amide bonds. The Morgan fingerprint density at radius 3 is 2.88 bits per heavy atom. The second-order valence-electron chi connectivity index (χ2n) is 4.51. The average Bonchev–Trinajstić information content (AvgIpc) is 2.79. The Morgan fingerprint density at radius 2 is 2.18 bits per heavy atom. The van der Waals surface area contributed by atoms with E-state index in [2.05, 4.69) is 17.1 Å². The molecular weight excluding hydrogens is 222 g/mol. The van der Waals surface area contributed by atoms with Gasteiger partial charge in [-0.15, -0.1) is 0 Å². The van der Waals surface area contributed by atoms with Crippen molar-refractivity contribution in [2.45, 2.75) is 13.3 Å². The maximum absolute atomic E-state index is 13.1. The monoisotopic (exact) mass is 240 g/mol. The Balaban J connectivity index is 1.97. The Morgan fingerprint density at radius 1 is 1.35 bits per heavy atom. The zero-order chi connectivity index (χ0) is 12.3. The number of hydrogen-bond acceptors (Lipinski definition) is 2. The van der Waals surface area contributed by atoms with E-state index in [0.717, 1.165) is 38.3 Å². The van der Waals surface area contributed by atoms with E-state index in [1.165, 1.54) is 12.1 Å². The standard InChI is InChI=1S/C13H18F2N2/c1-2-16-8-10-5-6-17(9-10)11-3-4-12(14)13(15)7-11/h3-4,7,10,16H,2,5-6,8-9H2,1H3. The molecule has 2 nitrogen and oxygen atoms in total. The third kappa shape index (κ3) is 2.94. The summed E-state index contributed by atoms with van der Waals surface area (Å²) >= 11 is 0. The summed E-state index contributed by atoms with van der Waals surface area (Å²) in [5.41, 5.74) is 0.780. The first-order chi connectivity index (χ1) is 8.20. The Bertz CT molecular complexity index is 382. The minimum atomic E-state index is -0.780. The normalized spacial score (nSPS) is 19.9. The van der Waals surface area contributed by atoms with Gasteiger partial charge in [-0.25, -0.2) is 8.78 Å². The van der Waals surface area contributed by atoms with E-state index >= 15 is 0 Å². The number of nitrogens with one attached hydrogen (secondary N) is 1. The van der Waals surface area contributed by atoms with Crippen LogP contribution in [0.2, 0.25) is 0 Å². The van der Waals surface area contributed by atoms with Gasteiger partial charge in [0.1, 0.15) is 0 Å². The van der Waals surface area contributed by atoms with Crippen molar-refractivity contribution >= 4 is 5.69 Å². The number of hydrogen-bond donors (Lipinski definition) is 1. The average molecular weight is 240 g/mol. The fraction of sp³-hybridized carbons (Fsp3) is 0.538. The first-order valence-corrected chi connectivity index (χ1v) is 6.11. The molecule has 2 rings (SSSR count). The van der Waals surface area contributed by atoms with Crippen LogP contribution in [0.5, 0.6) is 0 Å². The largest absolute Gasteiger partial charge is 0.371 e. The number of nitrogens with zero attached hydrogens (tertiary/aromatic N) is 1. The van der Waals surface area contributed by atoms with E-state index in [0.29, 0.717) is 5.92 Å². The molecule has 0 bridgehead atoms. The van der Waals surface area contributed by atoms with Crippen molar-refractivity contribution in [3.8, 4) is 0 Å². The molecule has 1 atom stereocenters. The molecule has 1 N–H and O–H groups in total. The van der Waals surface area contributed by atoms with Crippen LogP contribution in [0.1, 0.15) is 13.3 Å². The third-order valence-corrected chi connectivity index (χ3v) is 3.24. The molecule has 1 aromatic carbocycles. The number of anilines is 1. The van der Waals surface area contributed by atoms with Crippen LogP contribution < -0.4 is 10.2 Å². The van der Waals surface area contributed by atoms with Crippen LogP contribution in [0.15, 0.2) is 18.2 Å². The first kappa shape index (κ1) is 12.3. The summed E-state index contributed by atoms with van der Waals surface area (Å²) in [5.74, 6) is -0.946. The van der Waals surface area contributed by atoms with Gasteiger partial charge in [0.25, 0.3) is 0 Å². The molecule has 0 spiro atoms. The molecule has 0 radical (unpaired) electrons. The Hall–Kier alpha value is -1.16. The smallest absolute Gasteiger partial charge is 0.160 e. The van der Waals surface area contributed by atoms with Crippen molar-refractivity contribution < 1.29 is 8.78 Å². The second-order valence-corrected chi connectivity index (χ2v) is 4.51. The lowest BCUT2D eigenvalue weighted by Gasteiger charge is -2.19. The molecule has 1 aromatic rings. The third-order valence-electron chi connectivity index (χ3n) is 3.24. The lowest BCUT2D eigenvalue weighted by Crippen LogP contribution is -2.26. The topological polar surface area (TPSA) is 15.3 Å². The molecule has 1 saturated heterocycles. The lowest BCUT2D eigenvalue weighted by molar-refractivity contribution is 0.508. The van der Waals surface area contributed by atoms with E-state index in [9.17, 15) is 8.78 Å². The van der Waals surface area contributed by atoms with Crippen LogP contribution in [0.3, 0.4) is 0 Å². The predicted molar refractivity (Wildman–Crippen MR) is 65.2 cm³/mol. The molecule has 1 heterocycles. The summed E-state index contributed by atoms with van der Waals surface area (Å²) in [6, 6.07) is 4.13. The predicted octanol–water partition coefficient (Wildman–Crippen LogP) is 2.40. The van der Waals surface area contributed by atoms with Gasteiger partial charge >= 0.3 is 0 Å². The second kappa shape index (κ2) is 5.45. The summed E-state index contributed by atoms with van der Waals surface area (Å²) in [5, 5.41) is 3.32. The van der Waals surface area contributed by atoms with Gasteiger partial charge < -0.3 is 10.2 Å². The maximum atomic E-state index is 13.1. The van der Waals surface area contributed by atoms with Crippen LogP contribution in [-0.2, 0) is 0 Å². The van der Waals surface area contributed by atoms with Gasteiger partial charge in [-0.2, -0.15) is 0 Å². The van der Waals surface area contributed by atoms with Gasteiger partial charge in [0, 0.05) is 24.8 Å². The fourth-order valence-electron chi connectivity index (χ4n) is 2.26. The minimum absolute atomic E-state index is 0.600. The van der Waals surface area contributed by atoms with Crippen molar-refractivity contribution in [3.05, 3.63) is 29.8 Å². The number of rotatable bonds is 4. The molecule has 17 heavy (non-hydrogen) atoms. The highest BCUT2D eigenvalue weighted by atomic mass is 19.2. The molecule has 0 aliphatic carbocycles. The van der Waals surface area contributed by atoms with Crippen molar-refractivity contribution in [3.63, 3.8) is 0 Å². The summed E-state index contributed by atoms with van der Waals surface area (Å²) in [6.45, 7) is 5.89. The van der Waals surface area contributed by atoms with Crippen LogP contribution in [0.4, 0.5) is 14.5 Å². The molecule has 94 valence electrons. The maximum Gasteiger partial charge on any atom is 0.160 e. The van der Waals surface area contributed by atoms with Gasteiger partial charge in [0.2, 0.25) is 0 Å². The van der Waals surface area contributed by atoms with E-state index in [1.807, 2.05) is 0 Å². The minimum Gasteiger partial charge on any atom is -0.371 e. The molecule has 4 heteroatoms. The number of halogens is 2. The molecular formula is C13H18F2N2. The van der Waals surface area contributed by atoms with E-state index in [4.69, 9.17) is 0 Å². The van der Waals surface area contributed by atoms with Gasteiger partial charge in [-0.05, 0) is 37.6 Å². The summed E-state index contributed by atoms with van der Waals surface area (Å²) in [7, 11) is 0. The lowest BCUT2D eigenvalue weighted by atomic mass is 10.1. The van der Waals surface area contributed by atoms with Crippen molar-refractivity contribution in [1.29, 1.82) is 0 Å². The van der Waals surface area contributed by atoms with Gasteiger partial charge in [0.15, 0.2) is 11.6 Å². The van der Waals surface area contributed by atoms with Crippen molar-refractivity contribution in [1.82, 2.24) is 5.32 Å². The van der Waals surface area contributed by atoms with Crippen LogP contribution in [0.25, 0.3) is 0 Å². The van der Waals surface area contributed by atoms with Crippen LogP contribution in [-0.4, -0.2) is 26.2 Å². The highest BCUT2D eigenvalue weighted by Crippen LogP contribution is 2.24. The van der Waals surface area contributed by atoms with Gasteiger partial charge in [-0.1, -0.05) is 6.92 Å². The fourth-order valence-corrected chi connectivity index (χ4v) is 2.26. The molecule has 1 aliphatic rings. The summed E-state index contributed by atoms with van der Waals surface area (Å²) in [6.07, 6.45) is 1.10. The Labute approximate surface area is 101 Å².